The Morgan fingerprint density at radius 3 is 2.75 bits per heavy atom. The molecule has 0 spiro atoms. The molecule has 2 rings (SSSR count). The van der Waals surface area contributed by atoms with E-state index in [9.17, 15) is 0 Å². The molecule has 0 radical (unpaired) electrons. The van der Waals surface area contributed by atoms with Gasteiger partial charge >= 0.3 is 0 Å². The Morgan fingerprint density at radius 1 is 1.40 bits per heavy atom. The zero-order chi connectivity index (χ0) is 14.8. The van der Waals surface area contributed by atoms with Gasteiger partial charge in [-0.25, -0.2) is 10.8 Å². The summed E-state index contributed by atoms with van der Waals surface area (Å²) in [7, 11) is 0. The summed E-state index contributed by atoms with van der Waals surface area (Å²) in [5, 5.41) is 0. The molecule has 2 atom stereocenters. The summed E-state index contributed by atoms with van der Waals surface area (Å²) in [5.41, 5.74) is 2.90. The monoisotopic (exact) mass is 278 g/mol. The van der Waals surface area contributed by atoms with E-state index in [1.807, 2.05) is 6.92 Å². The van der Waals surface area contributed by atoms with Crippen molar-refractivity contribution in [3.63, 3.8) is 0 Å². The molecule has 3 N–H and O–H groups in total. The van der Waals surface area contributed by atoms with Crippen molar-refractivity contribution in [1.82, 2.24) is 9.97 Å². The van der Waals surface area contributed by atoms with E-state index in [1.165, 1.54) is 6.42 Å². The van der Waals surface area contributed by atoms with Crippen LogP contribution in [-0.2, 0) is 6.42 Å². The quantitative estimate of drug-likeness (QED) is 0.654. The average molecular weight is 278 g/mol. The lowest BCUT2D eigenvalue weighted by atomic mass is 9.71. The number of nitrogens with zero attached hydrogens (tertiary/aromatic N) is 2. The molecule has 0 amide bonds. The first-order valence-electron chi connectivity index (χ1n) is 7.43. The maximum atomic E-state index is 6.10. The van der Waals surface area contributed by atoms with Gasteiger partial charge in [0.05, 0.1) is 0 Å². The summed E-state index contributed by atoms with van der Waals surface area (Å²) in [6.07, 6.45) is 4.39. The molecule has 1 saturated carbocycles. The summed E-state index contributed by atoms with van der Waals surface area (Å²) in [6.45, 7) is 8.93. The number of nitrogen functional groups attached to an aromatic ring is 1. The molecular weight excluding hydrogens is 252 g/mol. The molecule has 0 aliphatic heterocycles. The Balaban J connectivity index is 2.12. The molecule has 1 aliphatic carbocycles. The number of rotatable bonds is 4. The first-order chi connectivity index (χ1) is 9.41. The van der Waals surface area contributed by atoms with E-state index in [-0.39, 0.29) is 6.10 Å². The van der Waals surface area contributed by atoms with E-state index in [2.05, 4.69) is 36.2 Å². The Bertz CT molecular complexity index is 439. The molecule has 5 nitrogen and oxygen atoms in total. The molecule has 1 aliphatic rings. The fraction of sp³-hybridized carbons (Fsp3) is 0.733. The van der Waals surface area contributed by atoms with Crippen LogP contribution in [0.3, 0.4) is 0 Å². The zero-order valence-electron chi connectivity index (χ0n) is 12.9. The highest BCUT2D eigenvalue weighted by Gasteiger charge is 2.33. The van der Waals surface area contributed by atoms with Crippen molar-refractivity contribution in [1.29, 1.82) is 0 Å². The number of nitrogens with one attached hydrogen (secondary N) is 1. The first kappa shape index (κ1) is 15.0. The van der Waals surface area contributed by atoms with Crippen LogP contribution in [-0.4, -0.2) is 16.1 Å². The molecule has 0 saturated heterocycles. The minimum atomic E-state index is 0.221. The van der Waals surface area contributed by atoms with Crippen LogP contribution in [0.4, 0.5) is 5.82 Å². The first-order valence-corrected chi connectivity index (χ1v) is 7.43. The topological polar surface area (TPSA) is 73.1 Å². The molecule has 0 aromatic carbocycles. The number of ether oxygens (including phenoxy) is 1. The summed E-state index contributed by atoms with van der Waals surface area (Å²) in [4.78, 5) is 8.72. The van der Waals surface area contributed by atoms with E-state index in [0.29, 0.717) is 23.0 Å². The maximum absolute atomic E-state index is 6.10. The van der Waals surface area contributed by atoms with Crippen LogP contribution in [0.15, 0.2) is 6.07 Å². The van der Waals surface area contributed by atoms with Crippen molar-refractivity contribution < 1.29 is 4.74 Å². The second kappa shape index (κ2) is 5.95. The lowest BCUT2D eigenvalue weighted by molar-refractivity contribution is 0.0531. The second-order valence-electron chi connectivity index (χ2n) is 6.66. The second-order valence-corrected chi connectivity index (χ2v) is 6.66. The SMILES string of the molecule is CCc1nc(NN)cc(OC2CC(C)CC(C)(C)C2)n1. The highest BCUT2D eigenvalue weighted by atomic mass is 16.5. The van der Waals surface area contributed by atoms with Gasteiger partial charge in [0.25, 0.3) is 0 Å². The van der Waals surface area contributed by atoms with E-state index in [0.717, 1.165) is 25.1 Å². The van der Waals surface area contributed by atoms with Gasteiger partial charge < -0.3 is 10.2 Å². The number of aromatic nitrogens is 2. The molecule has 2 unspecified atom stereocenters. The molecule has 1 aromatic rings. The number of hydrazine groups is 1. The highest BCUT2D eigenvalue weighted by Crippen LogP contribution is 2.39. The van der Waals surface area contributed by atoms with Crippen molar-refractivity contribution in [2.75, 3.05) is 5.43 Å². The van der Waals surface area contributed by atoms with Gasteiger partial charge in [0.15, 0.2) is 0 Å². The molecule has 5 heteroatoms. The van der Waals surface area contributed by atoms with Crippen molar-refractivity contribution in [2.45, 2.75) is 59.5 Å². The number of anilines is 1. The minimum absolute atomic E-state index is 0.221. The van der Waals surface area contributed by atoms with Crippen LogP contribution in [0.1, 0.15) is 52.8 Å². The van der Waals surface area contributed by atoms with E-state index < -0.39 is 0 Å². The van der Waals surface area contributed by atoms with Gasteiger partial charge in [-0.2, -0.15) is 4.98 Å². The van der Waals surface area contributed by atoms with Gasteiger partial charge in [-0.1, -0.05) is 27.7 Å². The van der Waals surface area contributed by atoms with Gasteiger partial charge in [-0.3, -0.25) is 0 Å². The van der Waals surface area contributed by atoms with Crippen LogP contribution in [0.5, 0.6) is 5.88 Å². The molecule has 1 aromatic heterocycles. The van der Waals surface area contributed by atoms with E-state index >= 15 is 0 Å². The third-order valence-corrected chi connectivity index (χ3v) is 3.85. The van der Waals surface area contributed by atoms with Crippen molar-refractivity contribution in [2.24, 2.45) is 17.2 Å². The molecule has 20 heavy (non-hydrogen) atoms. The Kier molecular flexibility index (Phi) is 4.48. The van der Waals surface area contributed by atoms with Gasteiger partial charge in [-0.05, 0) is 30.6 Å². The van der Waals surface area contributed by atoms with E-state index in [4.69, 9.17) is 10.6 Å². The third kappa shape index (κ3) is 3.82. The Morgan fingerprint density at radius 2 is 2.15 bits per heavy atom. The number of aryl methyl sites for hydroxylation is 1. The lowest BCUT2D eigenvalue weighted by Crippen LogP contribution is -2.34. The predicted molar refractivity (Wildman–Crippen MR) is 80.4 cm³/mol. The van der Waals surface area contributed by atoms with Crippen molar-refractivity contribution >= 4 is 5.82 Å². The zero-order valence-corrected chi connectivity index (χ0v) is 12.9. The number of nitrogens with two attached hydrogens (primary N) is 1. The third-order valence-electron chi connectivity index (χ3n) is 3.85. The fourth-order valence-corrected chi connectivity index (χ4v) is 3.28. The van der Waals surface area contributed by atoms with Crippen molar-refractivity contribution in [3.8, 4) is 5.88 Å². The maximum Gasteiger partial charge on any atom is 0.219 e. The van der Waals surface area contributed by atoms with Gasteiger partial charge in [0, 0.05) is 12.5 Å². The Labute approximate surface area is 121 Å². The summed E-state index contributed by atoms with van der Waals surface area (Å²) in [5.74, 6) is 8.11. The van der Waals surface area contributed by atoms with Crippen molar-refractivity contribution in [3.05, 3.63) is 11.9 Å². The number of hydrogen-bond acceptors (Lipinski definition) is 5. The van der Waals surface area contributed by atoms with Crippen LogP contribution in [0, 0.1) is 11.3 Å². The van der Waals surface area contributed by atoms with Crippen LogP contribution >= 0.6 is 0 Å². The van der Waals surface area contributed by atoms with E-state index in [1.54, 1.807) is 6.07 Å². The molecule has 1 heterocycles. The van der Waals surface area contributed by atoms with Crippen LogP contribution < -0.4 is 16.0 Å². The van der Waals surface area contributed by atoms with Gasteiger partial charge in [0.1, 0.15) is 17.7 Å². The predicted octanol–water partition coefficient (Wildman–Crippen LogP) is 2.92. The summed E-state index contributed by atoms with van der Waals surface area (Å²) < 4.78 is 6.10. The molecular formula is C15H26N4O. The summed E-state index contributed by atoms with van der Waals surface area (Å²) in [6, 6.07) is 1.77. The minimum Gasteiger partial charge on any atom is -0.474 e. The standard InChI is InChI=1S/C15H26N4O/c1-5-12-17-13(19-16)7-14(18-12)20-11-6-10(2)8-15(3,4)9-11/h7,10-11H,5-6,8-9,16H2,1-4H3,(H,17,18,19). The highest BCUT2D eigenvalue weighted by molar-refractivity contribution is 5.37. The average Bonchev–Trinajstić information content (AvgIpc) is 2.35. The largest absolute Gasteiger partial charge is 0.474 e. The summed E-state index contributed by atoms with van der Waals surface area (Å²) >= 11 is 0. The molecule has 112 valence electrons. The normalized spacial score (nSPS) is 25.2. The van der Waals surface area contributed by atoms with Crippen LogP contribution in [0.2, 0.25) is 0 Å². The Hall–Kier alpha value is -1.36. The number of hydrogen-bond donors (Lipinski definition) is 2. The van der Waals surface area contributed by atoms with Crippen LogP contribution in [0.25, 0.3) is 0 Å². The smallest absolute Gasteiger partial charge is 0.219 e. The van der Waals surface area contributed by atoms with Gasteiger partial charge in [-0.15, -0.1) is 0 Å². The van der Waals surface area contributed by atoms with Gasteiger partial charge in [0.2, 0.25) is 5.88 Å². The molecule has 1 fully saturated rings. The lowest BCUT2D eigenvalue weighted by Gasteiger charge is -2.38. The fourth-order valence-electron chi connectivity index (χ4n) is 3.28. The molecule has 0 bridgehead atoms.